The van der Waals surface area contributed by atoms with Crippen LogP contribution < -0.4 is 0 Å². The molecule has 0 N–H and O–H groups in total. The molecule has 1 aromatic carbocycles. The first-order chi connectivity index (χ1) is 9.82. The Morgan fingerprint density at radius 3 is 2.62 bits per heavy atom. The molecule has 5 nitrogen and oxygen atoms in total. The lowest BCUT2D eigenvalue weighted by atomic mass is 9.77. The number of rotatable bonds is 2. The molecule has 114 valence electrons. The van der Waals surface area contributed by atoms with Crippen molar-refractivity contribution >= 4 is 15.8 Å². The molecule has 0 bridgehead atoms. The smallest absolute Gasteiger partial charge is 0.341 e. The first kappa shape index (κ1) is 14.5. The molecule has 2 aliphatic rings. The van der Waals surface area contributed by atoms with Crippen molar-refractivity contribution in [2.24, 2.45) is 5.92 Å². The van der Waals surface area contributed by atoms with Crippen molar-refractivity contribution in [2.45, 2.75) is 36.4 Å². The number of fused-ring (bicyclic) bond motifs is 2. The number of hydrogen-bond donors (Lipinski definition) is 0. The van der Waals surface area contributed by atoms with Crippen LogP contribution in [0.25, 0.3) is 0 Å². The van der Waals surface area contributed by atoms with E-state index in [4.69, 9.17) is 9.47 Å². The van der Waals surface area contributed by atoms with Gasteiger partial charge in [0.15, 0.2) is 9.84 Å². The summed E-state index contributed by atoms with van der Waals surface area (Å²) in [6, 6.07) is 6.77. The van der Waals surface area contributed by atoms with Crippen molar-refractivity contribution < 1.29 is 22.7 Å². The summed E-state index contributed by atoms with van der Waals surface area (Å²) in [5.74, 6) is -0.569. The second kappa shape index (κ2) is 4.30. The third kappa shape index (κ3) is 1.66. The van der Waals surface area contributed by atoms with E-state index in [2.05, 4.69) is 0 Å². The van der Waals surface area contributed by atoms with Gasteiger partial charge in [0.05, 0.1) is 17.8 Å². The number of esters is 1. The summed E-state index contributed by atoms with van der Waals surface area (Å²) >= 11 is 0. The fourth-order valence-electron chi connectivity index (χ4n) is 3.51. The normalized spacial score (nSPS) is 32.8. The summed E-state index contributed by atoms with van der Waals surface area (Å²) in [5.41, 5.74) is -1.39. The molecule has 0 amide bonds. The first-order valence-electron chi connectivity index (χ1n) is 6.93. The van der Waals surface area contributed by atoms with Gasteiger partial charge in [-0.05, 0) is 18.4 Å². The Balaban J connectivity index is 2.20. The molecule has 1 aromatic rings. The van der Waals surface area contributed by atoms with Crippen LogP contribution in [0.4, 0.5) is 0 Å². The summed E-state index contributed by atoms with van der Waals surface area (Å²) in [6.07, 6.45) is 0.277. The zero-order chi connectivity index (χ0) is 15.5. The topological polar surface area (TPSA) is 73.0 Å². The van der Waals surface area contributed by atoms with Gasteiger partial charge in [0.1, 0.15) is 5.60 Å². The Morgan fingerprint density at radius 1 is 1.33 bits per heavy atom. The molecule has 0 aliphatic carbocycles. The van der Waals surface area contributed by atoms with E-state index in [1.807, 2.05) is 13.8 Å². The molecule has 21 heavy (non-hydrogen) atoms. The minimum atomic E-state index is -3.31. The Bertz CT molecular complexity index is 709. The maximum atomic E-state index is 12.3. The molecule has 3 rings (SSSR count). The van der Waals surface area contributed by atoms with Crippen LogP contribution in [0.2, 0.25) is 0 Å². The number of methoxy groups -OCH3 is 1. The molecule has 0 radical (unpaired) electrons. The van der Waals surface area contributed by atoms with Crippen LogP contribution >= 0.6 is 0 Å². The highest BCUT2D eigenvalue weighted by molar-refractivity contribution is 7.91. The predicted molar refractivity (Wildman–Crippen MR) is 75.5 cm³/mol. The number of benzene rings is 1. The van der Waals surface area contributed by atoms with Crippen LogP contribution in [0.5, 0.6) is 0 Å². The van der Waals surface area contributed by atoms with Crippen LogP contribution in [-0.4, -0.2) is 32.9 Å². The SMILES string of the molecule is COC(=O)C1(C(C)C)OC12CCS(=O)(=O)c1ccccc12. The van der Waals surface area contributed by atoms with Gasteiger partial charge in [-0.15, -0.1) is 0 Å². The van der Waals surface area contributed by atoms with Crippen molar-refractivity contribution in [3.05, 3.63) is 29.8 Å². The summed E-state index contributed by atoms with van der Waals surface area (Å²) < 4.78 is 35.3. The quantitative estimate of drug-likeness (QED) is 0.613. The van der Waals surface area contributed by atoms with Crippen molar-refractivity contribution in [1.29, 1.82) is 0 Å². The standard InChI is InChI=1S/C15H18O5S/c1-10(2)15(13(16)19-3)14(20-15)8-9-21(17,18)12-7-5-4-6-11(12)14/h4-7,10H,8-9H2,1-3H3. The maximum Gasteiger partial charge on any atom is 0.341 e. The summed E-state index contributed by atoms with van der Waals surface area (Å²) in [6.45, 7) is 3.77. The largest absolute Gasteiger partial charge is 0.467 e. The third-order valence-electron chi connectivity index (χ3n) is 4.58. The van der Waals surface area contributed by atoms with Crippen LogP contribution in [0, 0.1) is 5.92 Å². The first-order valence-corrected chi connectivity index (χ1v) is 8.58. The van der Waals surface area contributed by atoms with Gasteiger partial charge >= 0.3 is 5.97 Å². The van der Waals surface area contributed by atoms with Crippen molar-refractivity contribution in [3.8, 4) is 0 Å². The zero-order valence-electron chi connectivity index (χ0n) is 12.3. The van der Waals surface area contributed by atoms with E-state index in [0.29, 0.717) is 5.56 Å². The fraction of sp³-hybridized carbons (Fsp3) is 0.533. The van der Waals surface area contributed by atoms with Crippen LogP contribution in [0.1, 0.15) is 25.8 Å². The molecular formula is C15H18O5S. The van der Waals surface area contributed by atoms with Gasteiger partial charge in [0.25, 0.3) is 0 Å². The molecule has 1 fully saturated rings. The van der Waals surface area contributed by atoms with Crippen LogP contribution in [0.15, 0.2) is 29.2 Å². The van der Waals surface area contributed by atoms with E-state index in [9.17, 15) is 13.2 Å². The molecule has 1 saturated heterocycles. The monoisotopic (exact) mass is 310 g/mol. The third-order valence-corrected chi connectivity index (χ3v) is 6.34. The molecule has 2 atom stereocenters. The van der Waals surface area contributed by atoms with Gasteiger partial charge in [-0.25, -0.2) is 13.2 Å². The minimum Gasteiger partial charge on any atom is -0.467 e. The lowest BCUT2D eigenvalue weighted by molar-refractivity contribution is -0.148. The number of sulfone groups is 1. The second-order valence-electron chi connectivity index (χ2n) is 5.88. The second-order valence-corrected chi connectivity index (χ2v) is 7.95. The number of carbonyl (C=O) groups is 1. The molecule has 1 spiro atoms. The van der Waals surface area contributed by atoms with Crippen molar-refractivity contribution in [2.75, 3.05) is 12.9 Å². The Labute approximate surface area is 124 Å². The van der Waals surface area contributed by atoms with E-state index in [1.54, 1.807) is 24.3 Å². The summed E-state index contributed by atoms with van der Waals surface area (Å²) in [5, 5.41) is 0. The highest BCUT2D eigenvalue weighted by Gasteiger charge is 2.78. The predicted octanol–water partition coefficient (Wildman–Crippen LogP) is 1.66. The van der Waals surface area contributed by atoms with Gasteiger partial charge in [-0.2, -0.15) is 0 Å². The summed E-state index contributed by atoms with van der Waals surface area (Å²) in [7, 11) is -1.99. The Hall–Kier alpha value is -1.40. The highest BCUT2D eigenvalue weighted by atomic mass is 32.2. The molecular weight excluding hydrogens is 292 g/mol. The molecule has 6 heteroatoms. The van der Waals surface area contributed by atoms with Gasteiger partial charge in [-0.3, -0.25) is 0 Å². The number of hydrogen-bond acceptors (Lipinski definition) is 5. The number of carbonyl (C=O) groups excluding carboxylic acids is 1. The Kier molecular flexibility index (Phi) is 2.98. The van der Waals surface area contributed by atoms with Crippen molar-refractivity contribution in [3.63, 3.8) is 0 Å². The van der Waals surface area contributed by atoms with Gasteiger partial charge < -0.3 is 9.47 Å². The molecule has 0 aromatic heterocycles. The summed E-state index contributed by atoms with van der Waals surface area (Å²) in [4.78, 5) is 12.6. The van der Waals surface area contributed by atoms with E-state index in [1.165, 1.54) is 7.11 Å². The lowest BCUT2D eigenvalue weighted by Gasteiger charge is -2.27. The van der Waals surface area contributed by atoms with E-state index in [0.717, 1.165) is 0 Å². The molecule has 2 heterocycles. The molecule has 2 aliphatic heterocycles. The average molecular weight is 310 g/mol. The number of ether oxygens (including phenoxy) is 2. The minimum absolute atomic E-state index is 0.0184. The van der Waals surface area contributed by atoms with E-state index < -0.39 is 27.0 Å². The molecule has 0 saturated carbocycles. The van der Waals surface area contributed by atoms with E-state index >= 15 is 0 Å². The van der Waals surface area contributed by atoms with Gasteiger partial charge in [-0.1, -0.05) is 32.0 Å². The lowest BCUT2D eigenvalue weighted by Crippen LogP contribution is -2.41. The number of epoxide rings is 1. The van der Waals surface area contributed by atoms with Gasteiger partial charge in [0, 0.05) is 5.56 Å². The van der Waals surface area contributed by atoms with Crippen LogP contribution in [0.3, 0.4) is 0 Å². The van der Waals surface area contributed by atoms with E-state index in [-0.39, 0.29) is 23.0 Å². The maximum absolute atomic E-state index is 12.3. The Morgan fingerprint density at radius 2 is 2.00 bits per heavy atom. The highest BCUT2D eigenvalue weighted by Crippen LogP contribution is 2.64. The van der Waals surface area contributed by atoms with Gasteiger partial charge in [0.2, 0.25) is 5.60 Å². The molecule has 2 unspecified atom stereocenters. The average Bonchev–Trinajstić information content (AvgIpc) is 3.15. The zero-order valence-corrected chi connectivity index (χ0v) is 13.1. The van der Waals surface area contributed by atoms with Crippen LogP contribution in [-0.2, 0) is 29.7 Å². The fourth-order valence-corrected chi connectivity index (χ4v) is 5.14. The van der Waals surface area contributed by atoms with Crippen molar-refractivity contribution in [1.82, 2.24) is 0 Å².